The lowest BCUT2D eigenvalue weighted by Crippen LogP contribution is -2.38. The summed E-state index contributed by atoms with van der Waals surface area (Å²) < 4.78 is 24.7. The van der Waals surface area contributed by atoms with Crippen LogP contribution in [0.15, 0.2) is 42.6 Å². The zero-order valence-electron chi connectivity index (χ0n) is 14.6. The van der Waals surface area contributed by atoms with E-state index in [1.165, 1.54) is 6.26 Å². The van der Waals surface area contributed by atoms with Gasteiger partial charge in [0.1, 0.15) is 0 Å². The molecule has 0 saturated carbocycles. The summed E-state index contributed by atoms with van der Waals surface area (Å²) in [4.78, 5) is 15.4. The van der Waals surface area contributed by atoms with Gasteiger partial charge in [-0.2, -0.15) is 0 Å². The first-order chi connectivity index (χ1) is 12.3. The van der Waals surface area contributed by atoms with Crippen LogP contribution in [-0.4, -0.2) is 48.1 Å². The lowest BCUT2D eigenvalue weighted by Gasteiger charge is -2.30. The Hall–Kier alpha value is -2.25. The molecular weight excluding hydrogens is 352 g/mol. The van der Waals surface area contributed by atoms with Gasteiger partial charge in [0.05, 0.1) is 17.5 Å². The highest BCUT2D eigenvalue weighted by Crippen LogP contribution is 2.24. The second kappa shape index (κ2) is 7.55. The maximum Gasteiger partial charge on any atom is 0.335 e. The van der Waals surface area contributed by atoms with Crippen LogP contribution < -0.4 is 0 Å². The summed E-state index contributed by atoms with van der Waals surface area (Å²) in [6.07, 6.45) is 5.74. The van der Waals surface area contributed by atoms with Gasteiger partial charge in [0.2, 0.25) is 10.0 Å². The summed E-state index contributed by atoms with van der Waals surface area (Å²) in [6.45, 7) is 1.18. The van der Waals surface area contributed by atoms with E-state index in [2.05, 4.69) is 4.98 Å². The van der Waals surface area contributed by atoms with Crippen molar-refractivity contribution in [2.45, 2.75) is 19.3 Å². The Morgan fingerprint density at radius 2 is 1.81 bits per heavy atom. The molecule has 0 spiro atoms. The van der Waals surface area contributed by atoms with Crippen LogP contribution in [0, 0.1) is 5.92 Å². The standard InChI is InChI=1S/C19H22N2O4S/c1-26(24,25)21-10-8-14(9-11-21)12-15-2-7-18(20-13-15)16-3-5-17(6-4-16)19(22)23/h2-7,13-14H,8-12H2,1H3,(H,22,23). The molecule has 1 N–H and O–H groups in total. The van der Waals surface area contributed by atoms with Gasteiger partial charge in [0, 0.05) is 24.8 Å². The van der Waals surface area contributed by atoms with Crippen molar-refractivity contribution in [1.82, 2.24) is 9.29 Å². The normalized spacial score (nSPS) is 16.5. The second-order valence-electron chi connectivity index (χ2n) is 6.74. The molecule has 1 aromatic carbocycles. The monoisotopic (exact) mass is 374 g/mol. The average Bonchev–Trinajstić information content (AvgIpc) is 2.62. The number of carboxylic acid groups (broad SMARTS) is 1. The molecule has 1 saturated heterocycles. The quantitative estimate of drug-likeness (QED) is 0.869. The van der Waals surface area contributed by atoms with Crippen LogP contribution in [0.4, 0.5) is 0 Å². The summed E-state index contributed by atoms with van der Waals surface area (Å²) in [7, 11) is -3.08. The van der Waals surface area contributed by atoms with E-state index in [1.54, 1.807) is 28.6 Å². The van der Waals surface area contributed by atoms with Crippen molar-refractivity contribution in [3.8, 4) is 11.3 Å². The molecule has 3 rings (SSSR count). The summed E-state index contributed by atoms with van der Waals surface area (Å²) >= 11 is 0. The summed E-state index contributed by atoms with van der Waals surface area (Å²) in [5.41, 5.74) is 3.07. The lowest BCUT2D eigenvalue weighted by atomic mass is 9.91. The summed E-state index contributed by atoms with van der Waals surface area (Å²) in [6, 6.07) is 10.6. The molecule has 26 heavy (non-hydrogen) atoms. The smallest absolute Gasteiger partial charge is 0.335 e. The maximum atomic E-state index is 11.6. The van der Waals surface area contributed by atoms with E-state index in [0.717, 1.165) is 36.1 Å². The highest BCUT2D eigenvalue weighted by Gasteiger charge is 2.24. The number of piperidine rings is 1. The summed E-state index contributed by atoms with van der Waals surface area (Å²) in [5.74, 6) is -0.475. The molecule has 0 amide bonds. The lowest BCUT2D eigenvalue weighted by molar-refractivity contribution is 0.0697. The Bertz CT molecular complexity index is 869. The molecule has 0 atom stereocenters. The van der Waals surface area contributed by atoms with Gasteiger partial charge in [-0.3, -0.25) is 4.98 Å². The molecule has 1 aliphatic heterocycles. The Kier molecular flexibility index (Phi) is 5.38. The Labute approximate surface area is 153 Å². The summed E-state index contributed by atoms with van der Waals surface area (Å²) in [5, 5.41) is 8.95. The topological polar surface area (TPSA) is 87.6 Å². The highest BCUT2D eigenvalue weighted by atomic mass is 32.2. The highest BCUT2D eigenvalue weighted by molar-refractivity contribution is 7.88. The van der Waals surface area contributed by atoms with Gasteiger partial charge in [-0.25, -0.2) is 17.5 Å². The minimum atomic E-state index is -3.08. The van der Waals surface area contributed by atoms with Gasteiger partial charge in [0.15, 0.2) is 0 Å². The number of rotatable bonds is 5. The van der Waals surface area contributed by atoms with Crippen LogP contribution in [0.2, 0.25) is 0 Å². The number of sulfonamides is 1. The van der Waals surface area contributed by atoms with E-state index >= 15 is 0 Å². The van der Waals surface area contributed by atoms with Crippen molar-refractivity contribution >= 4 is 16.0 Å². The molecule has 0 bridgehead atoms. The first-order valence-corrected chi connectivity index (χ1v) is 10.4. The van der Waals surface area contributed by atoms with Crippen molar-refractivity contribution in [2.24, 2.45) is 5.92 Å². The molecule has 1 fully saturated rings. The molecule has 2 heterocycles. The Morgan fingerprint density at radius 1 is 1.15 bits per heavy atom. The molecule has 0 unspecified atom stereocenters. The molecule has 0 aliphatic carbocycles. The molecule has 7 heteroatoms. The third kappa shape index (κ3) is 4.47. The minimum absolute atomic E-state index is 0.255. The van der Waals surface area contributed by atoms with Gasteiger partial charge in [-0.1, -0.05) is 18.2 Å². The fraction of sp³-hybridized carbons (Fsp3) is 0.368. The minimum Gasteiger partial charge on any atom is -0.478 e. The number of hydrogen-bond donors (Lipinski definition) is 1. The largest absolute Gasteiger partial charge is 0.478 e. The second-order valence-corrected chi connectivity index (χ2v) is 8.73. The van der Waals surface area contributed by atoms with Gasteiger partial charge in [-0.15, -0.1) is 0 Å². The first-order valence-electron chi connectivity index (χ1n) is 8.57. The van der Waals surface area contributed by atoms with Crippen LogP contribution >= 0.6 is 0 Å². The van der Waals surface area contributed by atoms with E-state index in [9.17, 15) is 13.2 Å². The number of nitrogens with zero attached hydrogens (tertiary/aromatic N) is 2. The van der Waals surface area contributed by atoms with Crippen molar-refractivity contribution in [1.29, 1.82) is 0 Å². The Balaban J connectivity index is 1.61. The zero-order chi connectivity index (χ0) is 18.7. The van der Waals surface area contributed by atoms with Gasteiger partial charge in [-0.05, 0) is 48.9 Å². The number of aromatic nitrogens is 1. The number of carboxylic acids is 1. The van der Waals surface area contributed by atoms with Crippen LogP contribution in [0.5, 0.6) is 0 Å². The number of benzene rings is 1. The maximum absolute atomic E-state index is 11.6. The number of pyridine rings is 1. The van der Waals surface area contributed by atoms with Gasteiger partial charge in [0.25, 0.3) is 0 Å². The fourth-order valence-corrected chi connectivity index (χ4v) is 4.15. The van der Waals surface area contributed by atoms with Gasteiger partial charge < -0.3 is 5.11 Å². The third-order valence-corrected chi connectivity index (χ3v) is 6.12. The third-order valence-electron chi connectivity index (χ3n) is 4.82. The molecule has 138 valence electrons. The zero-order valence-corrected chi connectivity index (χ0v) is 15.4. The number of hydrogen-bond acceptors (Lipinski definition) is 4. The van der Waals surface area contributed by atoms with Crippen LogP contribution in [0.25, 0.3) is 11.3 Å². The molecule has 1 aromatic heterocycles. The van der Waals surface area contributed by atoms with Crippen LogP contribution in [-0.2, 0) is 16.4 Å². The Morgan fingerprint density at radius 3 is 2.31 bits per heavy atom. The molecule has 0 radical (unpaired) electrons. The fourth-order valence-electron chi connectivity index (χ4n) is 3.28. The molecular formula is C19H22N2O4S. The van der Waals surface area contributed by atoms with Crippen molar-refractivity contribution in [3.05, 3.63) is 53.7 Å². The number of aromatic carboxylic acids is 1. The SMILES string of the molecule is CS(=O)(=O)N1CCC(Cc2ccc(-c3ccc(C(=O)O)cc3)nc2)CC1. The van der Waals surface area contributed by atoms with E-state index in [-0.39, 0.29) is 5.56 Å². The average molecular weight is 374 g/mol. The molecule has 2 aromatic rings. The first kappa shape index (κ1) is 18.5. The van der Waals surface area contributed by atoms with Crippen molar-refractivity contribution in [3.63, 3.8) is 0 Å². The van der Waals surface area contributed by atoms with Crippen molar-refractivity contribution < 1.29 is 18.3 Å². The van der Waals surface area contributed by atoms with E-state index in [0.29, 0.717) is 19.0 Å². The van der Waals surface area contributed by atoms with Crippen LogP contribution in [0.1, 0.15) is 28.8 Å². The van der Waals surface area contributed by atoms with Crippen LogP contribution in [0.3, 0.4) is 0 Å². The van der Waals surface area contributed by atoms with E-state index < -0.39 is 16.0 Å². The molecule has 6 nitrogen and oxygen atoms in total. The molecule has 1 aliphatic rings. The predicted molar refractivity (Wildman–Crippen MR) is 99.5 cm³/mol. The predicted octanol–water partition coefficient (Wildman–Crippen LogP) is 2.66. The van der Waals surface area contributed by atoms with Crippen molar-refractivity contribution in [2.75, 3.05) is 19.3 Å². The van der Waals surface area contributed by atoms with E-state index in [1.807, 2.05) is 18.3 Å². The van der Waals surface area contributed by atoms with Gasteiger partial charge >= 0.3 is 5.97 Å². The van der Waals surface area contributed by atoms with E-state index in [4.69, 9.17) is 5.11 Å². The number of carbonyl (C=O) groups is 1.